The average molecular weight is 439 g/mol. The van der Waals surface area contributed by atoms with Gasteiger partial charge in [-0.3, -0.25) is 9.78 Å². The lowest BCUT2D eigenvalue weighted by Crippen LogP contribution is -2.28. The highest BCUT2D eigenvalue weighted by Gasteiger charge is 2.30. The zero-order valence-electron chi connectivity index (χ0n) is 17.6. The number of aromatic nitrogens is 1. The molecule has 31 heavy (non-hydrogen) atoms. The fraction of sp³-hybridized carbons (Fsp3) is 0.250. The van der Waals surface area contributed by atoms with E-state index in [2.05, 4.69) is 0 Å². The molecule has 0 atom stereocenters. The van der Waals surface area contributed by atoms with Gasteiger partial charge in [-0.25, -0.2) is 12.8 Å². The van der Waals surface area contributed by atoms with Crippen LogP contribution in [0.1, 0.15) is 46.9 Å². The Morgan fingerprint density at radius 3 is 2.35 bits per heavy atom. The number of pyridine rings is 1. The first-order valence-corrected chi connectivity index (χ1v) is 11.9. The van der Waals surface area contributed by atoms with E-state index in [9.17, 15) is 17.6 Å². The van der Waals surface area contributed by atoms with E-state index >= 15 is 0 Å². The van der Waals surface area contributed by atoms with Gasteiger partial charge in [0.15, 0.2) is 6.29 Å². The normalized spacial score (nSPS) is 14.1. The van der Waals surface area contributed by atoms with E-state index in [0.29, 0.717) is 33.6 Å². The van der Waals surface area contributed by atoms with Gasteiger partial charge >= 0.3 is 0 Å². The lowest BCUT2D eigenvalue weighted by Gasteiger charge is -2.23. The molecule has 160 valence electrons. The summed E-state index contributed by atoms with van der Waals surface area (Å²) in [6, 6.07) is 13.5. The number of hydrogen-bond acceptors (Lipinski definition) is 4. The standard InChI is InChI=1S/C24H23FN2O3S/c1-15(2)23-21(14-28)22(16-8-10-18(25)11-9-16)20-13-27(31(3,29)30)12-17-6-4-5-7-19(17)24(20)26-23/h4-11,14-15H,12-13H2,1-3H3. The van der Waals surface area contributed by atoms with Crippen LogP contribution in [0.25, 0.3) is 22.4 Å². The van der Waals surface area contributed by atoms with E-state index < -0.39 is 10.0 Å². The van der Waals surface area contributed by atoms with Gasteiger partial charge in [0.05, 0.1) is 17.6 Å². The number of benzene rings is 2. The molecule has 2 heterocycles. The summed E-state index contributed by atoms with van der Waals surface area (Å²) < 4.78 is 40.2. The molecule has 3 aromatic rings. The molecule has 0 saturated heterocycles. The predicted molar refractivity (Wildman–Crippen MR) is 119 cm³/mol. The maximum Gasteiger partial charge on any atom is 0.211 e. The van der Waals surface area contributed by atoms with E-state index in [1.54, 1.807) is 12.1 Å². The van der Waals surface area contributed by atoms with Crippen LogP contribution >= 0.6 is 0 Å². The average Bonchev–Trinajstić information content (AvgIpc) is 2.90. The van der Waals surface area contributed by atoms with Crippen LogP contribution in [0, 0.1) is 5.82 Å². The minimum absolute atomic E-state index is 0.0360. The smallest absolute Gasteiger partial charge is 0.211 e. The van der Waals surface area contributed by atoms with E-state index in [1.165, 1.54) is 22.7 Å². The Morgan fingerprint density at radius 1 is 1.06 bits per heavy atom. The summed E-state index contributed by atoms with van der Waals surface area (Å²) in [5, 5.41) is 0. The Morgan fingerprint density at radius 2 is 1.74 bits per heavy atom. The van der Waals surface area contributed by atoms with Crippen molar-refractivity contribution in [1.29, 1.82) is 0 Å². The van der Waals surface area contributed by atoms with Crippen molar-refractivity contribution in [3.8, 4) is 22.4 Å². The molecule has 0 amide bonds. The van der Waals surface area contributed by atoms with Crippen molar-refractivity contribution < 1.29 is 17.6 Å². The van der Waals surface area contributed by atoms with Gasteiger partial charge in [-0.1, -0.05) is 50.2 Å². The van der Waals surface area contributed by atoms with E-state index in [-0.39, 0.29) is 24.8 Å². The monoisotopic (exact) mass is 438 g/mol. The SMILES string of the molecule is CC(C)c1nc2c(c(-c3ccc(F)cc3)c1C=O)CN(S(C)(=O)=O)Cc1ccccc1-2. The molecule has 5 nitrogen and oxygen atoms in total. The molecule has 2 aromatic carbocycles. The number of carbonyl (C=O) groups excluding carboxylic acids is 1. The third-order valence-electron chi connectivity index (χ3n) is 5.59. The number of rotatable bonds is 4. The largest absolute Gasteiger partial charge is 0.298 e. The van der Waals surface area contributed by atoms with Crippen LogP contribution in [0.5, 0.6) is 0 Å². The van der Waals surface area contributed by atoms with Crippen LogP contribution < -0.4 is 0 Å². The molecule has 0 fully saturated rings. The second-order valence-electron chi connectivity index (χ2n) is 8.08. The van der Waals surface area contributed by atoms with Gasteiger partial charge in [0.2, 0.25) is 10.0 Å². The molecule has 1 aliphatic heterocycles. The Bertz CT molecular complexity index is 1270. The maximum absolute atomic E-state index is 13.6. The fourth-order valence-electron chi connectivity index (χ4n) is 4.09. The molecular formula is C24H23FN2O3S. The molecule has 7 heteroatoms. The first-order chi connectivity index (χ1) is 14.7. The van der Waals surface area contributed by atoms with Crippen LogP contribution in [0.3, 0.4) is 0 Å². The molecule has 0 spiro atoms. The van der Waals surface area contributed by atoms with E-state index in [0.717, 1.165) is 17.4 Å². The van der Waals surface area contributed by atoms with Crippen LogP contribution in [0.4, 0.5) is 4.39 Å². The molecule has 4 rings (SSSR count). The van der Waals surface area contributed by atoms with Crippen molar-refractivity contribution in [3.05, 3.63) is 76.7 Å². The molecule has 1 aromatic heterocycles. The topological polar surface area (TPSA) is 67.3 Å². The van der Waals surface area contributed by atoms with Crippen LogP contribution in [0.15, 0.2) is 48.5 Å². The lowest BCUT2D eigenvalue weighted by atomic mass is 9.88. The van der Waals surface area contributed by atoms with Crippen molar-refractivity contribution >= 4 is 16.3 Å². The fourth-order valence-corrected chi connectivity index (χ4v) is 4.82. The first kappa shape index (κ1) is 21.3. The third kappa shape index (κ3) is 3.91. The Hall–Kier alpha value is -2.90. The van der Waals surface area contributed by atoms with Gasteiger partial charge in [-0.15, -0.1) is 0 Å². The Balaban J connectivity index is 2.15. The highest BCUT2D eigenvalue weighted by atomic mass is 32.2. The van der Waals surface area contributed by atoms with Crippen LogP contribution in [-0.4, -0.2) is 30.2 Å². The van der Waals surface area contributed by atoms with E-state index in [4.69, 9.17) is 4.98 Å². The zero-order chi connectivity index (χ0) is 22.3. The number of fused-ring (bicyclic) bond motifs is 3. The summed E-state index contributed by atoms with van der Waals surface area (Å²) in [5.74, 6) is -0.421. The third-order valence-corrected chi connectivity index (χ3v) is 6.78. The molecule has 0 bridgehead atoms. The van der Waals surface area contributed by atoms with Gasteiger partial charge in [0.25, 0.3) is 0 Å². The number of aldehydes is 1. The molecular weight excluding hydrogens is 415 g/mol. The summed E-state index contributed by atoms with van der Waals surface area (Å²) in [6.07, 6.45) is 1.94. The number of carbonyl (C=O) groups is 1. The number of sulfonamides is 1. The summed E-state index contributed by atoms with van der Waals surface area (Å²) in [4.78, 5) is 17.1. The summed E-state index contributed by atoms with van der Waals surface area (Å²) in [7, 11) is -3.53. The van der Waals surface area contributed by atoms with Crippen molar-refractivity contribution in [2.45, 2.75) is 32.9 Å². The van der Waals surface area contributed by atoms with Crippen LogP contribution in [0.2, 0.25) is 0 Å². The van der Waals surface area contributed by atoms with E-state index in [1.807, 2.05) is 38.1 Å². The minimum atomic E-state index is -3.53. The Labute approximate surface area is 181 Å². The highest BCUT2D eigenvalue weighted by molar-refractivity contribution is 7.88. The molecule has 0 aliphatic carbocycles. The minimum Gasteiger partial charge on any atom is -0.298 e. The van der Waals surface area contributed by atoms with Crippen molar-refractivity contribution in [2.24, 2.45) is 0 Å². The first-order valence-electron chi connectivity index (χ1n) is 10.0. The van der Waals surface area contributed by atoms with Crippen LogP contribution in [-0.2, 0) is 23.1 Å². The molecule has 0 N–H and O–H groups in total. The quantitative estimate of drug-likeness (QED) is 0.551. The summed E-state index contributed by atoms with van der Waals surface area (Å²) >= 11 is 0. The van der Waals surface area contributed by atoms with Gasteiger partial charge in [-0.05, 0) is 29.2 Å². The second-order valence-corrected chi connectivity index (χ2v) is 10.1. The molecule has 0 radical (unpaired) electrons. The molecule has 1 aliphatic rings. The van der Waals surface area contributed by atoms with Gasteiger partial charge < -0.3 is 0 Å². The number of nitrogens with zero attached hydrogens (tertiary/aromatic N) is 2. The highest BCUT2D eigenvalue weighted by Crippen LogP contribution is 2.41. The van der Waals surface area contributed by atoms with Gasteiger partial charge in [0.1, 0.15) is 5.82 Å². The zero-order valence-corrected chi connectivity index (χ0v) is 18.4. The van der Waals surface area contributed by atoms with Crippen molar-refractivity contribution in [3.63, 3.8) is 0 Å². The summed E-state index contributed by atoms with van der Waals surface area (Å²) in [6.45, 7) is 4.20. The van der Waals surface area contributed by atoms with Gasteiger partial charge in [0, 0.05) is 35.3 Å². The predicted octanol–water partition coefficient (Wildman–Crippen LogP) is 4.77. The molecule has 0 saturated carbocycles. The van der Waals surface area contributed by atoms with Gasteiger partial charge in [-0.2, -0.15) is 4.31 Å². The van der Waals surface area contributed by atoms with Crippen molar-refractivity contribution in [1.82, 2.24) is 9.29 Å². The lowest BCUT2D eigenvalue weighted by molar-refractivity contribution is 0.112. The van der Waals surface area contributed by atoms with Crippen molar-refractivity contribution in [2.75, 3.05) is 6.26 Å². The second kappa shape index (κ2) is 7.98. The summed E-state index contributed by atoms with van der Waals surface area (Å²) in [5.41, 5.74) is 5.29. The number of hydrogen-bond donors (Lipinski definition) is 0. The Kier molecular flexibility index (Phi) is 5.49. The number of halogens is 1. The maximum atomic E-state index is 13.6. The molecule has 0 unspecified atom stereocenters.